The van der Waals surface area contributed by atoms with Gasteiger partial charge in [-0.15, -0.1) is 0 Å². The number of aliphatic hydroxyl groups is 1. The number of aliphatic hydroxyl groups excluding tert-OH is 1. The van der Waals surface area contributed by atoms with E-state index in [1.165, 1.54) is 25.0 Å². The van der Waals surface area contributed by atoms with Crippen LogP contribution in [0.3, 0.4) is 0 Å². The SMILES string of the molecule is COc1cc(/C(O)=C2/C(=O)C(=O)N(c3ccc(NC(C)=O)cc3)C2c2ccc(N(C)C)cc2)ccc1Cl. The number of ketones is 1. The van der Waals surface area contributed by atoms with Gasteiger partial charge in [-0.2, -0.15) is 0 Å². The minimum absolute atomic E-state index is 0.0575. The first-order chi connectivity index (χ1) is 17.6. The molecule has 0 bridgehead atoms. The monoisotopic (exact) mass is 519 g/mol. The van der Waals surface area contributed by atoms with Gasteiger partial charge in [0, 0.05) is 43.6 Å². The zero-order chi connectivity index (χ0) is 26.9. The molecule has 1 fully saturated rings. The van der Waals surface area contributed by atoms with Crippen molar-refractivity contribution in [1.29, 1.82) is 0 Å². The summed E-state index contributed by atoms with van der Waals surface area (Å²) in [6.45, 7) is 1.40. The Morgan fingerprint density at radius 1 is 1.03 bits per heavy atom. The molecule has 2 N–H and O–H groups in total. The lowest BCUT2D eigenvalue weighted by Gasteiger charge is -2.26. The predicted molar refractivity (Wildman–Crippen MR) is 144 cm³/mol. The Morgan fingerprint density at radius 2 is 1.68 bits per heavy atom. The van der Waals surface area contributed by atoms with Crippen molar-refractivity contribution >= 4 is 52.0 Å². The molecule has 37 heavy (non-hydrogen) atoms. The molecular weight excluding hydrogens is 494 g/mol. The lowest BCUT2D eigenvalue weighted by Crippen LogP contribution is -2.29. The number of anilines is 3. The van der Waals surface area contributed by atoms with Gasteiger partial charge >= 0.3 is 0 Å². The van der Waals surface area contributed by atoms with Crippen LogP contribution in [0.2, 0.25) is 5.02 Å². The largest absolute Gasteiger partial charge is 0.507 e. The fourth-order valence-corrected chi connectivity index (χ4v) is 4.43. The number of nitrogens with one attached hydrogen (secondary N) is 1. The van der Waals surface area contributed by atoms with Crippen LogP contribution in [0, 0.1) is 0 Å². The number of rotatable bonds is 6. The van der Waals surface area contributed by atoms with Crippen LogP contribution in [0.25, 0.3) is 5.76 Å². The van der Waals surface area contributed by atoms with Crippen molar-refractivity contribution < 1.29 is 24.2 Å². The second-order valence-corrected chi connectivity index (χ2v) is 9.14. The van der Waals surface area contributed by atoms with E-state index in [0.717, 1.165) is 5.69 Å². The molecule has 1 aliphatic rings. The number of amides is 2. The van der Waals surface area contributed by atoms with Gasteiger partial charge < -0.3 is 20.1 Å². The average Bonchev–Trinajstić information content (AvgIpc) is 3.14. The molecule has 190 valence electrons. The topological polar surface area (TPSA) is 99.2 Å². The number of nitrogens with zero attached hydrogens (tertiary/aromatic N) is 2. The summed E-state index contributed by atoms with van der Waals surface area (Å²) in [5.74, 6) is -1.85. The molecule has 2 amide bonds. The van der Waals surface area contributed by atoms with Crippen LogP contribution in [0.4, 0.5) is 17.1 Å². The summed E-state index contributed by atoms with van der Waals surface area (Å²) in [6.07, 6.45) is 0. The van der Waals surface area contributed by atoms with E-state index < -0.39 is 17.7 Å². The van der Waals surface area contributed by atoms with Gasteiger partial charge in [-0.25, -0.2) is 0 Å². The quantitative estimate of drug-likeness (QED) is 0.270. The highest BCUT2D eigenvalue weighted by Gasteiger charge is 2.47. The summed E-state index contributed by atoms with van der Waals surface area (Å²) < 4.78 is 5.26. The third-order valence-electron chi connectivity index (χ3n) is 6.06. The molecule has 9 heteroatoms. The number of methoxy groups -OCH3 is 1. The molecule has 1 atom stereocenters. The van der Waals surface area contributed by atoms with Gasteiger partial charge in [0.2, 0.25) is 5.91 Å². The van der Waals surface area contributed by atoms with Gasteiger partial charge in [0.05, 0.1) is 23.7 Å². The van der Waals surface area contributed by atoms with Crippen molar-refractivity contribution in [1.82, 2.24) is 0 Å². The molecule has 1 aliphatic heterocycles. The fourth-order valence-electron chi connectivity index (χ4n) is 4.24. The molecule has 0 aromatic heterocycles. The zero-order valence-corrected chi connectivity index (χ0v) is 21.5. The smallest absolute Gasteiger partial charge is 0.300 e. The molecule has 0 radical (unpaired) electrons. The fraction of sp³-hybridized carbons (Fsp3) is 0.179. The van der Waals surface area contributed by atoms with Crippen molar-refractivity contribution in [2.24, 2.45) is 0 Å². The third-order valence-corrected chi connectivity index (χ3v) is 6.37. The number of Topliss-reactive ketones (excluding diaryl/α,β-unsaturated/α-hetero) is 1. The normalized spacial score (nSPS) is 16.6. The summed E-state index contributed by atoms with van der Waals surface area (Å²) in [4.78, 5) is 41.4. The lowest BCUT2D eigenvalue weighted by molar-refractivity contribution is -0.132. The first-order valence-corrected chi connectivity index (χ1v) is 11.8. The average molecular weight is 520 g/mol. The van der Waals surface area contributed by atoms with Gasteiger partial charge in [0.15, 0.2) is 0 Å². The molecule has 4 rings (SSSR count). The molecule has 0 saturated carbocycles. The Labute approximate surface area is 219 Å². The molecule has 1 saturated heterocycles. The number of benzene rings is 3. The number of carbonyl (C=O) groups excluding carboxylic acids is 3. The highest BCUT2D eigenvalue weighted by atomic mass is 35.5. The highest BCUT2D eigenvalue weighted by molar-refractivity contribution is 6.51. The van der Waals surface area contributed by atoms with Crippen molar-refractivity contribution in [3.05, 3.63) is 88.5 Å². The second kappa shape index (κ2) is 10.4. The Hall–Kier alpha value is -4.30. The molecule has 0 aliphatic carbocycles. The van der Waals surface area contributed by atoms with E-state index >= 15 is 0 Å². The Bertz CT molecular complexity index is 1400. The number of ether oxygens (including phenoxy) is 1. The van der Waals surface area contributed by atoms with Crippen molar-refractivity contribution in [3.8, 4) is 5.75 Å². The first kappa shape index (κ1) is 25.8. The van der Waals surface area contributed by atoms with Crippen molar-refractivity contribution in [2.75, 3.05) is 36.3 Å². The molecular formula is C28H26ClN3O5. The van der Waals surface area contributed by atoms with Crippen molar-refractivity contribution in [2.45, 2.75) is 13.0 Å². The van der Waals surface area contributed by atoms with Crippen LogP contribution in [-0.2, 0) is 14.4 Å². The minimum atomic E-state index is -0.899. The maximum atomic E-state index is 13.4. The summed E-state index contributed by atoms with van der Waals surface area (Å²) in [5, 5.41) is 14.3. The number of hydrogen-bond donors (Lipinski definition) is 2. The molecule has 8 nitrogen and oxygen atoms in total. The standard InChI is InChI=1S/C28H26ClN3O5/c1-16(33)30-19-8-12-21(13-9-19)32-25(17-5-10-20(11-6-17)31(2)3)24(27(35)28(32)36)26(34)18-7-14-22(29)23(15-18)37-4/h5-15,25,34H,1-4H3,(H,30,33)/b26-24-. The zero-order valence-electron chi connectivity index (χ0n) is 20.8. The highest BCUT2D eigenvalue weighted by Crippen LogP contribution is 2.43. The lowest BCUT2D eigenvalue weighted by atomic mass is 9.94. The number of hydrogen-bond acceptors (Lipinski definition) is 6. The van der Waals surface area contributed by atoms with Gasteiger partial charge in [-0.3, -0.25) is 19.3 Å². The van der Waals surface area contributed by atoms with Gasteiger partial charge in [0.25, 0.3) is 11.7 Å². The van der Waals surface area contributed by atoms with Crippen LogP contribution in [0.5, 0.6) is 5.75 Å². The Kier molecular flexibility index (Phi) is 7.22. The van der Waals surface area contributed by atoms with Crippen molar-refractivity contribution in [3.63, 3.8) is 0 Å². The molecule has 1 unspecified atom stereocenters. The Morgan fingerprint density at radius 3 is 2.24 bits per heavy atom. The second-order valence-electron chi connectivity index (χ2n) is 8.73. The summed E-state index contributed by atoms with van der Waals surface area (Å²) in [7, 11) is 5.26. The molecule has 3 aromatic carbocycles. The van der Waals surface area contributed by atoms with Crippen LogP contribution in [0.15, 0.2) is 72.3 Å². The van der Waals surface area contributed by atoms with E-state index in [4.69, 9.17) is 16.3 Å². The van der Waals surface area contributed by atoms with Crippen LogP contribution < -0.4 is 19.9 Å². The molecule has 3 aromatic rings. The van der Waals surface area contributed by atoms with Gasteiger partial charge in [-0.05, 0) is 60.2 Å². The van der Waals surface area contributed by atoms with E-state index in [1.54, 1.807) is 36.4 Å². The van der Waals surface area contributed by atoms with Gasteiger partial charge in [0.1, 0.15) is 11.5 Å². The van der Waals surface area contributed by atoms with Crippen LogP contribution in [-0.4, -0.2) is 43.9 Å². The number of carbonyl (C=O) groups is 3. The molecule has 1 heterocycles. The maximum absolute atomic E-state index is 13.4. The molecule has 0 spiro atoms. The van der Waals surface area contributed by atoms with E-state index in [1.807, 2.05) is 43.3 Å². The summed E-state index contributed by atoms with van der Waals surface area (Å²) >= 11 is 6.14. The van der Waals surface area contributed by atoms with E-state index in [-0.39, 0.29) is 22.8 Å². The van der Waals surface area contributed by atoms with Crippen LogP contribution in [0.1, 0.15) is 24.1 Å². The summed E-state index contributed by atoms with van der Waals surface area (Å²) in [5.41, 5.74) is 2.78. The van der Waals surface area contributed by atoms with Crippen LogP contribution >= 0.6 is 11.6 Å². The summed E-state index contributed by atoms with van der Waals surface area (Å²) in [6, 6.07) is 17.7. The van der Waals surface area contributed by atoms with E-state index in [9.17, 15) is 19.5 Å². The third kappa shape index (κ3) is 5.01. The minimum Gasteiger partial charge on any atom is -0.507 e. The van der Waals surface area contributed by atoms with E-state index in [0.29, 0.717) is 27.7 Å². The first-order valence-electron chi connectivity index (χ1n) is 11.4. The predicted octanol–water partition coefficient (Wildman–Crippen LogP) is 5.00. The maximum Gasteiger partial charge on any atom is 0.300 e. The van der Waals surface area contributed by atoms with Gasteiger partial charge in [-0.1, -0.05) is 23.7 Å². The van der Waals surface area contributed by atoms with E-state index in [2.05, 4.69) is 5.32 Å². The Balaban J connectivity index is 1.89. The number of halogens is 1.